The fourth-order valence-corrected chi connectivity index (χ4v) is 3.38. The van der Waals surface area contributed by atoms with Crippen LogP contribution in [0.5, 0.6) is 0 Å². The summed E-state index contributed by atoms with van der Waals surface area (Å²) in [5.41, 5.74) is 5.85. The Morgan fingerprint density at radius 2 is 2.05 bits per heavy atom. The van der Waals surface area contributed by atoms with E-state index < -0.39 is 0 Å². The Balaban J connectivity index is 0.00000121. The average Bonchev–Trinajstić information content (AvgIpc) is 3.02. The number of fused-ring (bicyclic) bond motifs is 1. The van der Waals surface area contributed by atoms with Gasteiger partial charge in [0.1, 0.15) is 0 Å². The zero-order chi connectivity index (χ0) is 12.9. The van der Waals surface area contributed by atoms with Gasteiger partial charge in [0, 0.05) is 4.70 Å². The first-order chi connectivity index (χ1) is 9.24. The van der Waals surface area contributed by atoms with E-state index >= 15 is 0 Å². The molecule has 0 unspecified atom stereocenters. The molecule has 4 nitrogen and oxygen atoms in total. The molecule has 1 fully saturated rings. The first kappa shape index (κ1) is 13.5. The van der Waals surface area contributed by atoms with E-state index in [1.807, 2.05) is 12.1 Å². The summed E-state index contributed by atoms with van der Waals surface area (Å²) in [4.78, 5) is 5.48. The van der Waals surface area contributed by atoms with E-state index in [1.165, 1.54) is 10.1 Å². The third-order valence-corrected chi connectivity index (χ3v) is 4.86. The molecule has 2 heterocycles. The van der Waals surface area contributed by atoms with E-state index in [4.69, 9.17) is 10.3 Å². The molecule has 0 radical (unpaired) electrons. The number of nitrogens with two attached hydrogens (primary N) is 1. The number of thiophene rings is 1. The van der Waals surface area contributed by atoms with Crippen molar-refractivity contribution in [1.29, 1.82) is 0 Å². The number of hydrogen-bond acceptors (Lipinski definition) is 5. The number of nitrogens with zero attached hydrogens (tertiary/aromatic N) is 2. The van der Waals surface area contributed by atoms with Crippen LogP contribution in [0, 0.1) is 0 Å². The molecule has 3 aromatic rings. The molecule has 104 valence electrons. The zero-order valence-electron chi connectivity index (χ0n) is 10.7. The average molecular weight is 308 g/mol. The Hall–Kier alpha value is -1.43. The summed E-state index contributed by atoms with van der Waals surface area (Å²) >= 11 is 1.66. The van der Waals surface area contributed by atoms with Gasteiger partial charge >= 0.3 is 0 Å². The van der Waals surface area contributed by atoms with Crippen molar-refractivity contribution < 1.29 is 4.52 Å². The highest BCUT2D eigenvalue weighted by atomic mass is 35.5. The van der Waals surface area contributed by atoms with Crippen LogP contribution in [-0.2, 0) is 5.54 Å². The molecule has 1 aliphatic rings. The van der Waals surface area contributed by atoms with Gasteiger partial charge < -0.3 is 10.3 Å². The summed E-state index contributed by atoms with van der Waals surface area (Å²) in [5.74, 6) is 1.22. The van der Waals surface area contributed by atoms with Gasteiger partial charge in [0.25, 0.3) is 5.89 Å². The molecule has 4 rings (SSSR count). The van der Waals surface area contributed by atoms with E-state index in [0.29, 0.717) is 11.7 Å². The molecule has 1 saturated carbocycles. The van der Waals surface area contributed by atoms with Crippen LogP contribution in [-0.4, -0.2) is 10.1 Å². The number of benzene rings is 1. The van der Waals surface area contributed by atoms with E-state index in [1.54, 1.807) is 11.3 Å². The van der Waals surface area contributed by atoms with Crippen LogP contribution < -0.4 is 5.73 Å². The lowest BCUT2D eigenvalue weighted by atomic mass is 9.77. The molecule has 0 amide bonds. The second kappa shape index (κ2) is 4.84. The smallest absolute Gasteiger partial charge is 0.268 e. The van der Waals surface area contributed by atoms with Gasteiger partial charge in [-0.1, -0.05) is 23.4 Å². The molecule has 1 aromatic carbocycles. The summed E-state index contributed by atoms with van der Waals surface area (Å²) in [5, 5.41) is 5.25. The third-order valence-electron chi connectivity index (χ3n) is 3.75. The van der Waals surface area contributed by atoms with E-state index in [0.717, 1.165) is 24.1 Å². The van der Waals surface area contributed by atoms with Crippen molar-refractivity contribution in [2.45, 2.75) is 24.8 Å². The lowest BCUT2D eigenvalue weighted by Crippen LogP contribution is -2.44. The number of rotatable bonds is 2. The lowest BCUT2D eigenvalue weighted by Gasteiger charge is -2.34. The second-order valence-electron chi connectivity index (χ2n) is 5.08. The second-order valence-corrected chi connectivity index (χ2v) is 6.17. The van der Waals surface area contributed by atoms with Gasteiger partial charge in [0.05, 0.1) is 10.4 Å². The predicted molar refractivity (Wildman–Crippen MR) is 82.1 cm³/mol. The summed E-state index contributed by atoms with van der Waals surface area (Å²) in [6.45, 7) is 0. The Bertz CT molecular complexity index is 715. The van der Waals surface area contributed by atoms with Crippen molar-refractivity contribution in [2.75, 3.05) is 0 Å². The van der Waals surface area contributed by atoms with Crippen LogP contribution in [0.25, 0.3) is 20.9 Å². The van der Waals surface area contributed by atoms with Crippen molar-refractivity contribution in [2.24, 2.45) is 5.73 Å². The standard InChI is InChI=1S/C14H13N3OS.ClH/c15-14(6-3-7-14)13-16-12(18-17-13)11-8-9-4-1-2-5-10(9)19-11;/h1-2,4-5,8H,3,6-7,15H2;1H. The van der Waals surface area contributed by atoms with Crippen molar-refractivity contribution in [1.82, 2.24) is 10.1 Å². The van der Waals surface area contributed by atoms with Crippen molar-refractivity contribution in [3.8, 4) is 10.8 Å². The molecule has 2 N–H and O–H groups in total. The van der Waals surface area contributed by atoms with Gasteiger partial charge in [-0.25, -0.2) is 0 Å². The first-order valence-electron chi connectivity index (χ1n) is 6.37. The predicted octanol–water partition coefficient (Wildman–Crippen LogP) is 3.71. The molecule has 1 aliphatic carbocycles. The highest BCUT2D eigenvalue weighted by Crippen LogP contribution is 2.39. The third kappa shape index (κ3) is 2.02. The number of hydrogen-bond donors (Lipinski definition) is 1. The van der Waals surface area contributed by atoms with E-state index in [2.05, 4.69) is 28.3 Å². The van der Waals surface area contributed by atoms with E-state index in [9.17, 15) is 0 Å². The Morgan fingerprint density at radius 3 is 2.75 bits per heavy atom. The van der Waals surface area contributed by atoms with Gasteiger partial charge in [-0.2, -0.15) is 4.98 Å². The molecule has 0 aliphatic heterocycles. The van der Waals surface area contributed by atoms with Gasteiger partial charge in [-0.05, 0) is 36.8 Å². The van der Waals surface area contributed by atoms with Crippen LogP contribution in [0.3, 0.4) is 0 Å². The molecule has 0 saturated heterocycles. The summed E-state index contributed by atoms with van der Waals surface area (Å²) < 4.78 is 6.60. The van der Waals surface area contributed by atoms with Crippen molar-refractivity contribution >= 4 is 33.8 Å². The molecular weight excluding hydrogens is 294 g/mol. The lowest BCUT2D eigenvalue weighted by molar-refractivity contribution is 0.229. The number of aromatic nitrogens is 2. The van der Waals surface area contributed by atoms with Crippen LogP contribution in [0.4, 0.5) is 0 Å². The maximum absolute atomic E-state index is 6.21. The minimum atomic E-state index is -0.363. The normalized spacial score (nSPS) is 16.6. The molecule has 20 heavy (non-hydrogen) atoms. The highest BCUT2D eigenvalue weighted by Gasteiger charge is 2.39. The quantitative estimate of drug-likeness (QED) is 0.784. The summed E-state index contributed by atoms with van der Waals surface area (Å²) in [6.07, 6.45) is 3.03. The molecule has 0 bridgehead atoms. The fourth-order valence-electron chi connectivity index (χ4n) is 2.39. The van der Waals surface area contributed by atoms with Gasteiger partial charge in [0.2, 0.25) is 0 Å². The monoisotopic (exact) mass is 307 g/mol. The largest absolute Gasteiger partial charge is 0.333 e. The zero-order valence-corrected chi connectivity index (χ0v) is 12.3. The van der Waals surface area contributed by atoms with Crippen LogP contribution in [0.15, 0.2) is 34.9 Å². The SMILES string of the molecule is Cl.NC1(c2noc(-c3cc4ccccc4s3)n2)CCC1. The summed E-state index contributed by atoms with van der Waals surface area (Å²) in [7, 11) is 0. The summed E-state index contributed by atoms with van der Waals surface area (Å²) in [6, 6.07) is 10.3. The topological polar surface area (TPSA) is 64.9 Å². The fraction of sp³-hybridized carbons (Fsp3) is 0.286. The van der Waals surface area contributed by atoms with Crippen LogP contribution >= 0.6 is 23.7 Å². The maximum Gasteiger partial charge on any atom is 0.268 e. The van der Waals surface area contributed by atoms with Gasteiger partial charge in [-0.3, -0.25) is 0 Å². The van der Waals surface area contributed by atoms with Crippen LogP contribution in [0.2, 0.25) is 0 Å². The molecule has 6 heteroatoms. The minimum Gasteiger partial charge on any atom is -0.333 e. The van der Waals surface area contributed by atoms with E-state index in [-0.39, 0.29) is 17.9 Å². The Kier molecular flexibility index (Phi) is 3.28. The van der Waals surface area contributed by atoms with Crippen molar-refractivity contribution in [3.63, 3.8) is 0 Å². The molecular formula is C14H14ClN3OS. The molecule has 2 aromatic heterocycles. The first-order valence-corrected chi connectivity index (χ1v) is 7.18. The minimum absolute atomic E-state index is 0. The van der Waals surface area contributed by atoms with Crippen LogP contribution in [0.1, 0.15) is 25.1 Å². The Labute approximate surface area is 126 Å². The van der Waals surface area contributed by atoms with Gasteiger partial charge in [0.15, 0.2) is 5.82 Å². The number of halogens is 1. The van der Waals surface area contributed by atoms with Gasteiger partial charge in [-0.15, -0.1) is 23.7 Å². The highest BCUT2D eigenvalue weighted by molar-refractivity contribution is 7.22. The van der Waals surface area contributed by atoms with Crippen molar-refractivity contribution in [3.05, 3.63) is 36.2 Å². The molecule has 0 spiro atoms. The molecule has 0 atom stereocenters. The Morgan fingerprint density at radius 1 is 1.25 bits per heavy atom. The maximum atomic E-state index is 6.21.